The highest BCUT2D eigenvalue weighted by Gasteiger charge is 2.04. The Morgan fingerprint density at radius 2 is 1.93 bits per heavy atom. The van der Waals surface area contributed by atoms with Crippen molar-refractivity contribution in [3.05, 3.63) is 30.3 Å². The fourth-order valence-corrected chi connectivity index (χ4v) is 1.30. The van der Waals surface area contributed by atoms with Crippen molar-refractivity contribution in [1.82, 2.24) is 0 Å². The Hall–Kier alpha value is -1.56. The second kappa shape index (κ2) is 5.98. The summed E-state index contributed by atoms with van der Waals surface area (Å²) in [5.74, 6) is 0. The van der Waals surface area contributed by atoms with Crippen LogP contribution in [0, 0.1) is 11.3 Å². The lowest BCUT2D eigenvalue weighted by molar-refractivity contribution is 0.491. The summed E-state index contributed by atoms with van der Waals surface area (Å²) >= 11 is 0. The first-order valence-electron chi connectivity index (χ1n) is 4.61. The summed E-state index contributed by atoms with van der Waals surface area (Å²) in [6, 6.07) is 11.6. The van der Waals surface area contributed by atoms with Crippen LogP contribution in [0.4, 0.5) is 10.1 Å². The lowest BCUT2D eigenvalue weighted by Gasteiger charge is -2.21. The Morgan fingerprint density at radius 1 is 1.21 bits per heavy atom. The molecule has 0 aliphatic rings. The quantitative estimate of drug-likeness (QED) is 0.716. The van der Waals surface area contributed by atoms with Gasteiger partial charge in [-0.1, -0.05) is 18.2 Å². The third kappa shape index (κ3) is 3.06. The maximum Gasteiger partial charge on any atom is 0.107 e. The second-order valence-electron chi connectivity index (χ2n) is 2.92. The van der Waals surface area contributed by atoms with Crippen molar-refractivity contribution in [1.29, 1.82) is 5.26 Å². The molecular weight excluding hydrogens is 179 g/mol. The van der Waals surface area contributed by atoms with Gasteiger partial charge in [-0.25, -0.2) is 4.39 Å². The van der Waals surface area contributed by atoms with Gasteiger partial charge in [0.25, 0.3) is 0 Å². The van der Waals surface area contributed by atoms with E-state index in [2.05, 4.69) is 6.07 Å². The van der Waals surface area contributed by atoms with E-state index in [4.69, 9.17) is 5.26 Å². The Kier molecular flexibility index (Phi) is 4.49. The molecule has 74 valence electrons. The molecule has 0 saturated carbocycles. The zero-order valence-electron chi connectivity index (χ0n) is 7.99. The Bertz CT molecular complexity index is 292. The van der Waals surface area contributed by atoms with Gasteiger partial charge in [-0.2, -0.15) is 5.26 Å². The van der Waals surface area contributed by atoms with Gasteiger partial charge in [0.05, 0.1) is 12.5 Å². The zero-order chi connectivity index (χ0) is 10.2. The van der Waals surface area contributed by atoms with Crippen LogP contribution in [-0.4, -0.2) is 19.8 Å². The van der Waals surface area contributed by atoms with Gasteiger partial charge >= 0.3 is 0 Å². The van der Waals surface area contributed by atoms with E-state index < -0.39 is 0 Å². The maximum absolute atomic E-state index is 12.2. The highest BCUT2D eigenvalue weighted by atomic mass is 19.1. The van der Waals surface area contributed by atoms with Crippen LogP contribution in [0.15, 0.2) is 30.3 Å². The van der Waals surface area contributed by atoms with Crippen LogP contribution in [0.3, 0.4) is 0 Å². The minimum Gasteiger partial charge on any atom is -0.368 e. The molecule has 0 spiro atoms. The molecule has 0 saturated heterocycles. The van der Waals surface area contributed by atoms with E-state index >= 15 is 0 Å². The Morgan fingerprint density at radius 3 is 2.50 bits per heavy atom. The summed E-state index contributed by atoms with van der Waals surface area (Å²) in [5, 5.41) is 8.46. The number of para-hydroxylation sites is 1. The topological polar surface area (TPSA) is 27.0 Å². The van der Waals surface area contributed by atoms with Crippen LogP contribution in [0.25, 0.3) is 0 Å². The van der Waals surface area contributed by atoms with Gasteiger partial charge in [-0.05, 0) is 12.1 Å². The van der Waals surface area contributed by atoms with Crippen LogP contribution in [0.1, 0.15) is 6.42 Å². The molecule has 0 aromatic heterocycles. The van der Waals surface area contributed by atoms with Crippen LogP contribution in [-0.2, 0) is 0 Å². The molecule has 14 heavy (non-hydrogen) atoms. The SMILES string of the molecule is N#CCCN(CCF)c1ccccc1. The molecule has 3 heteroatoms. The number of nitriles is 1. The van der Waals surface area contributed by atoms with E-state index in [-0.39, 0.29) is 6.67 Å². The molecular formula is C11H13FN2. The molecule has 1 aromatic rings. The molecule has 0 aliphatic heterocycles. The molecule has 0 aliphatic carbocycles. The molecule has 0 amide bonds. The van der Waals surface area contributed by atoms with Crippen molar-refractivity contribution in [2.75, 3.05) is 24.7 Å². The summed E-state index contributed by atoms with van der Waals surface area (Å²) in [6.07, 6.45) is 0.425. The van der Waals surface area contributed by atoms with Gasteiger partial charge in [-0.15, -0.1) is 0 Å². The van der Waals surface area contributed by atoms with E-state index in [1.54, 1.807) is 0 Å². The highest BCUT2D eigenvalue weighted by Crippen LogP contribution is 2.12. The van der Waals surface area contributed by atoms with Crippen LogP contribution in [0.2, 0.25) is 0 Å². The smallest absolute Gasteiger partial charge is 0.107 e. The molecule has 0 N–H and O–H groups in total. The standard InChI is InChI=1S/C11H13FN2/c12-7-10-14(9-4-8-13)11-5-2-1-3-6-11/h1-3,5-6H,4,7,9-10H2. The second-order valence-corrected chi connectivity index (χ2v) is 2.92. The number of benzene rings is 1. The Balaban J connectivity index is 2.63. The van der Waals surface area contributed by atoms with E-state index in [1.807, 2.05) is 35.2 Å². The molecule has 0 atom stereocenters. The van der Waals surface area contributed by atoms with E-state index in [0.717, 1.165) is 5.69 Å². The van der Waals surface area contributed by atoms with Crippen molar-refractivity contribution < 1.29 is 4.39 Å². The number of halogens is 1. The first-order chi connectivity index (χ1) is 6.88. The van der Waals surface area contributed by atoms with Gasteiger partial charge in [-0.3, -0.25) is 0 Å². The van der Waals surface area contributed by atoms with Crippen LogP contribution >= 0.6 is 0 Å². The Labute approximate surface area is 83.6 Å². The minimum atomic E-state index is -0.389. The molecule has 0 bridgehead atoms. The molecule has 0 fully saturated rings. The normalized spacial score (nSPS) is 9.43. The van der Waals surface area contributed by atoms with Crippen molar-refractivity contribution in [3.63, 3.8) is 0 Å². The number of alkyl halides is 1. The molecule has 1 aromatic carbocycles. The van der Waals surface area contributed by atoms with E-state index in [9.17, 15) is 4.39 Å². The molecule has 0 radical (unpaired) electrons. The van der Waals surface area contributed by atoms with Gasteiger partial charge in [0.2, 0.25) is 0 Å². The van der Waals surface area contributed by atoms with E-state index in [0.29, 0.717) is 19.5 Å². The molecule has 0 unspecified atom stereocenters. The summed E-state index contributed by atoms with van der Waals surface area (Å²) < 4.78 is 12.2. The molecule has 1 rings (SSSR count). The predicted molar refractivity (Wildman–Crippen MR) is 54.9 cm³/mol. The third-order valence-electron chi connectivity index (χ3n) is 1.97. The fraction of sp³-hybridized carbons (Fsp3) is 0.364. The first-order valence-corrected chi connectivity index (χ1v) is 4.61. The molecule has 0 heterocycles. The van der Waals surface area contributed by atoms with Gasteiger partial charge in [0.15, 0.2) is 0 Å². The average molecular weight is 192 g/mol. The van der Waals surface area contributed by atoms with Crippen molar-refractivity contribution in [2.45, 2.75) is 6.42 Å². The number of nitrogens with zero attached hydrogens (tertiary/aromatic N) is 2. The number of hydrogen-bond acceptors (Lipinski definition) is 2. The summed E-state index contributed by atoms with van der Waals surface area (Å²) in [5.41, 5.74) is 0.973. The fourth-order valence-electron chi connectivity index (χ4n) is 1.30. The van der Waals surface area contributed by atoms with Crippen LogP contribution in [0.5, 0.6) is 0 Å². The van der Waals surface area contributed by atoms with Gasteiger partial charge in [0.1, 0.15) is 6.67 Å². The van der Waals surface area contributed by atoms with Crippen molar-refractivity contribution >= 4 is 5.69 Å². The number of rotatable bonds is 5. The maximum atomic E-state index is 12.2. The summed E-state index contributed by atoms with van der Waals surface area (Å²) in [6.45, 7) is 0.552. The average Bonchev–Trinajstić information content (AvgIpc) is 2.25. The predicted octanol–water partition coefficient (Wildman–Crippen LogP) is 2.38. The number of anilines is 1. The van der Waals surface area contributed by atoms with Crippen LogP contribution < -0.4 is 4.90 Å². The monoisotopic (exact) mass is 192 g/mol. The number of hydrogen-bond donors (Lipinski definition) is 0. The zero-order valence-corrected chi connectivity index (χ0v) is 7.99. The van der Waals surface area contributed by atoms with Gasteiger partial charge in [0, 0.05) is 18.8 Å². The molecule has 2 nitrogen and oxygen atoms in total. The highest BCUT2D eigenvalue weighted by molar-refractivity contribution is 5.45. The van der Waals surface area contributed by atoms with Gasteiger partial charge < -0.3 is 4.90 Å². The lowest BCUT2D eigenvalue weighted by Crippen LogP contribution is -2.26. The van der Waals surface area contributed by atoms with Crippen molar-refractivity contribution in [2.24, 2.45) is 0 Å². The minimum absolute atomic E-state index is 0.353. The third-order valence-corrected chi connectivity index (χ3v) is 1.97. The lowest BCUT2D eigenvalue weighted by atomic mass is 10.2. The van der Waals surface area contributed by atoms with E-state index in [1.165, 1.54) is 0 Å². The summed E-state index contributed by atoms with van der Waals surface area (Å²) in [4.78, 5) is 1.88. The largest absolute Gasteiger partial charge is 0.368 e. The van der Waals surface area contributed by atoms with Crippen molar-refractivity contribution in [3.8, 4) is 6.07 Å². The first kappa shape index (κ1) is 10.5. The summed E-state index contributed by atoms with van der Waals surface area (Å²) in [7, 11) is 0.